The highest BCUT2D eigenvalue weighted by Gasteiger charge is 2.31. The predicted octanol–water partition coefficient (Wildman–Crippen LogP) is 2.30. The number of sulfonamides is 2. The lowest BCUT2D eigenvalue weighted by Gasteiger charge is -2.16. The normalized spacial score (nSPS) is 17.6. The molecule has 1 saturated carbocycles. The van der Waals surface area contributed by atoms with Gasteiger partial charge in [-0.25, -0.2) is 25.9 Å². The summed E-state index contributed by atoms with van der Waals surface area (Å²) in [6.45, 7) is 0.628. The van der Waals surface area contributed by atoms with E-state index in [0.717, 1.165) is 25.0 Å². The Labute approximate surface area is 180 Å². The molecule has 2 aromatic rings. The number of rotatable bonds is 7. The van der Waals surface area contributed by atoms with Crippen molar-refractivity contribution >= 4 is 31.6 Å². The van der Waals surface area contributed by atoms with Gasteiger partial charge in [-0.2, -0.15) is 4.31 Å². The molecule has 0 aromatic heterocycles. The van der Waals surface area contributed by atoms with Gasteiger partial charge in [-0.3, -0.25) is 4.79 Å². The van der Waals surface area contributed by atoms with E-state index in [1.165, 1.54) is 34.6 Å². The second-order valence-electron chi connectivity index (χ2n) is 7.63. The molecule has 0 radical (unpaired) electrons. The zero-order chi connectivity index (χ0) is 22.2. The van der Waals surface area contributed by atoms with Crippen LogP contribution in [0.3, 0.4) is 0 Å². The summed E-state index contributed by atoms with van der Waals surface area (Å²) in [4.78, 5) is 12.1. The summed E-state index contributed by atoms with van der Waals surface area (Å²) in [5, 5.41) is 2.55. The fraction of sp³-hybridized carbons (Fsp3) is 0.350. The van der Waals surface area contributed by atoms with Crippen LogP contribution in [0.2, 0.25) is 0 Å². The highest BCUT2D eigenvalue weighted by atomic mass is 32.2. The zero-order valence-electron chi connectivity index (χ0n) is 16.5. The second-order valence-corrected chi connectivity index (χ2v) is 11.3. The lowest BCUT2D eigenvalue weighted by atomic mass is 10.2. The molecular weight excluding hydrogens is 445 g/mol. The first-order valence-corrected chi connectivity index (χ1v) is 12.8. The summed E-state index contributed by atoms with van der Waals surface area (Å²) in [5.41, 5.74) is 0.167. The summed E-state index contributed by atoms with van der Waals surface area (Å²) < 4.78 is 68.2. The topological polar surface area (TPSA) is 113 Å². The van der Waals surface area contributed by atoms with E-state index >= 15 is 0 Å². The Bertz CT molecular complexity index is 1220. The second kappa shape index (κ2) is 8.30. The van der Waals surface area contributed by atoms with Crippen molar-refractivity contribution in [1.82, 2.24) is 9.03 Å². The zero-order valence-corrected chi connectivity index (χ0v) is 18.2. The quantitative estimate of drug-likeness (QED) is 0.649. The molecule has 2 N–H and O–H groups in total. The molecule has 166 valence electrons. The monoisotopic (exact) mass is 467 g/mol. The minimum atomic E-state index is -4.04. The van der Waals surface area contributed by atoms with Crippen LogP contribution >= 0.6 is 0 Å². The van der Waals surface area contributed by atoms with E-state index in [4.69, 9.17) is 0 Å². The van der Waals surface area contributed by atoms with Gasteiger partial charge in [-0.05, 0) is 62.1 Å². The van der Waals surface area contributed by atoms with Crippen LogP contribution in [0, 0.1) is 5.82 Å². The van der Waals surface area contributed by atoms with E-state index in [9.17, 15) is 26.0 Å². The Morgan fingerprint density at radius 3 is 2.39 bits per heavy atom. The van der Waals surface area contributed by atoms with Gasteiger partial charge in [0, 0.05) is 30.4 Å². The molecular formula is C20H22FN3O5S2. The van der Waals surface area contributed by atoms with Gasteiger partial charge in [-0.1, -0.05) is 6.07 Å². The maximum absolute atomic E-state index is 14.3. The minimum absolute atomic E-state index is 0.00797. The third-order valence-electron chi connectivity index (χ3n) is 5.18. The highest BCUT2D eigenvalue weighted by molar-refractivity contribution is 7.89. The molecule has 1 aliphatic heterocycles. The van der Waals surface area contributed by atoms with Crippen molar-refractivity contribution in [2.75, 3.05) is 18.4 Å². The summed E-state index contributed by atoms with van der Waals surface area (Å²) in [5.74, 6) is -1.61. The summed E-state index contributed by atoms with van der Waals surface area (Å²) in [6.07, 6.45) is 3.00. The maximum Gasteiger partial charge on any atom is 0.255 e. The van der Waals surface area contributed by atoms with Gasteiger partial charge in [0.1, 0.15) is 10.7 Å². The van der Waals surface area contributed by atoms with Crippen LogP contribution in [-0.4, -0.2) is 46.2 Å². The number of hydrogen-bond donors (Lipinski definition) is 2. The molecule has 1 saturated heterocycles. The van der Waals surface area contributed by atoms with E-state index < -0.39 is 36.7 Å². The number of hydrogen-bond acceptors (Lipinski definition) is 5. The Balaban J connectivity index is 1.56. The van der Waals surface area contributed by atoms with Crippen LogP contribution in [0.1, 0.15) is 36.0 Å². The number of carbonyl (C=O) groups is 1. The van der Waals surface area contributed by atoms with E-state index in [1.807, 2.05) is 0 Å². The molecule has 31 heavy (non-hydrogen) atoms. The van der Waals surface area contributed by atoms with Crippen molar-refractivity contribution in [3.05, 3.63) is 53.8 Å². The Morgan fingerprint density at radius 1 is 1.00 bits per heavy atom. The lowest BCUT2D eigenvalue weighted by molar-refractivity contribution is 0.102. The van der Waals surface area contributed by atoms with Gasteiger partial charge < -0.3 is 5.32 Å². The van der Waals surface area contributed by atoms with Gasteiger partial charge in [-0.15, -0.1) is 0 Å². The maximum atomic E-state index is 14.3. The number of amides is 1. The molecule has 2 fully saturated rings. The Kier molecular flexibility index (Phi) is 5.86. The smallest absolute Gasteiger partial charge is 0.255 e. The molecule has 1 heterocycles. The summed E-state index contributed by atoms with van der Waals surface area (Å²) in [7, 11) is -7.74. The molecule has 8 nitrogen and oxygen atoms in total. The molecule has 11 heteroatoms. The van der Waals surface area contributed by atoms with Crippen LogP contribution in [0.15, 0.2) is 52.3 Å². The molecule has 4 rings (SSSR count). The summed E-state index contributed by atoms with van der Waals surface area (Å²) >= 11 is 0. The van der Waals surface area contributed by atoms with Crippen molar-refractivity contribution in [2.45, 2.75) is 41.5 Å². The molecule has 2 aromatic carbocycles. The van der Waals surface area contributed by atoms with Crippen molar-refractivity contribution in [3.63, 3.8) is 0 Å². The third kappa shape index (κ3) is 4.79. The molecule has 0 spiro atoms. The molecule has 1 aliphatic carbocycles. The van der Waals surface area contributed by atoms with Crippen molar-refractivity contribution in [1.29, 1.82) is 0 Å². The van der Waals surface area contributed by atoms with Crippen molar-refractivity contribution in [3.8, 4) is 0 Å². The molecule has 1 amide bonds. The fourth-order valence-corrected chi connectivity index (χ4v) is 6.30. The van der Waals surface area contributed by atoms with Gasteiger partial charge in [0.25, 0.3) is 5.91 Å². The first-order valence-electron chi connectivity index (χ1n) is 9.90. The number of benzene rings is 2. The first-order chi connectivity index (χ1) is 14.7. The van der Waals surface area contributed by atoms with E-state index in [0.29, 0.717) is 25.9 Å². The van der Waals surface area contributed by atoms with Gasteiger partial charge in [0.05, 0.1) is 4.90 Å². The largest absolute Gasteiger partial charge is 0.322 e. The molecule has 0 unspecified atom stereocenters. The van der Waals surface area contributed by atoms with Gasteiger partial charge in [0.2, 0.25) is 20.0 Å². The predicted molar refractivity (Wildman–Crippen MR) is 112 cm³/mol. The summed E-state index contributed by atoms with van der Waals surface area (Å²) in [6, 6.07) is 8.81. The van der Waals surface area contributed by atoms with E-state index in [-0.39, 0.29) is 22.2 Å². The van der Waals surface area contributed by atoms with Gasteiger partial charge >= 0.3 is 0 Å². The standard InChI is InChI=1S/C20H22FN3O5S2/c21-18-9-6-14(12-19(18)31(28,29)24-10-1-2-11-24)20(25)22-16-4-3-5-17(13-16)30(26,27)23-15-7-8-15/h3-6,9,12-13,15,23H,1-2,7-8,10-11H2,(H,22,25). The average Bonchev–Trinajstić information content (AvgIpc) is 3.34. The fourth-order valence-electron chi connectivity index (χ4n) is 3.34. The SMILES string of the molecule is O=C(Nc1cccc(S(=O)(=O)NC2CC2)c1)c1ccc(F)c(S(=O)(=O)N2CCCC2)c1. The van der Waals surface area contributed by atoms with E-state index in [2.05, 4.69) is 10.0 Å². The lowest BCUT2D eigenvalue weighted by Crippen LogP contribution is -2.29. The third-order valence-corrected chi connectivity index (χ3v) is 8.61. The minimum Gasteiger partial charge on any atom is -0.322 e. The molecule has 0 atom stereocenters. The highest BCUT2D eigenvalue weighted by Crippen LogP contribution is 2.26. The molecule has 0 bridgehead atoms. The number of carbonyl (C=O) groups excluding carboxylic acids is 1. The van der Waals surface area contributed by atoms with Crippen LogP contribution in [-0.2, 0) is 20.0 Å². The number of halogens is 1. The average molecular weight is 468 g/mol. The van der Waals surface area contributed by atoms with Gasteiger partial charge in [0.15, 0.2) is 0 Å². The Hall–Kier alpha value is -2.34. The van der Waals surface area contributed by atoms with Crippen molar-refractivity contribution in [2.24, 2.45) is 0 Å². The number of anilines is 1. The Morgan fingerprint density at radius 2 is 1.71 bits per heavy atom. The van der Waals surface area contributed by atoms with E-state index in [1.54, 1.807) is 0 Å². The molecule has 2 aliphatic rings. The number of nitrogens with zero attached hydrogens (tertiary/aromatic N) is 1. The van der Waals surface area contributed by atoms with Crippen LogP contribution in [0.4, 0.5) is 10.1 Å². The van der Waals surface area contributed by atoms with Crippen LogP contribution in [0.5, 0.6) is 0 Å². The van der Waals surface area contributed by atoms with Crippen LogP contribution < -0.4 is 10.0 Å². The first kappa shape index (κ1) is 21.9. The number of nitrogens with one attached hydrogen (secondary N) is 2. The van der Waals surface area contributed by atoms with Crippen LogP contribution in [0.25, 0.3) is 0 Å². The van der Waals surface area contributed by atoms with Crippen molar-refractivity contribution < 1.29 is 26.0 Å².